The number of carboxylic acid groups (broad SMARTS) is 1. The van der Waals surface area contributed by atoms with Crippen LogP contribution in [0.3, 0.4) is 0 Å². The van der Waals surface area contributed by atoms with E-state index in [1.807, 2.05) is 0 Å². The van der Waals surface area contributed by atoms with E-state index in [4.69, 9.17) is 27.9 Å². The molecule has 11 nitrogen and oxygen atoms in total. The van der Waals surface area contributed by atoms with Crippen LogP contribution in [0.4, 0.5) is 5.69 Å². The van der Waals surface area contributed by atoms with E-state index in [1.165, 1.54) is 30.3 Å². The van der Waals surface area contributed by atoms with Gasteiger partial charge in [-0.25, -0.2) is 4.79 Å². The van der Waals surface area contributed by atoms with Crippen LogP contribution < -0.4 is 20.7 Å². The van der Waals surface area contributed by atoms with Gasteiger partial charge < -0.3 is 25.8 Å². The molecular weight excluding hydrogens is 491 g/mol. The first-order valence-electron chi connectivity index (χ1n) is 10.1. The lowest BCUT2D eigenvalue weighted by molar-refractivity contribution is -0.385. The third kappa shape index (κ3) is 6.13. The second kappa shape index (κ2) is 11.1. The number of carbonyl (C=O) groups excluding carboxylic acids is 2. The van der Waals surface area contributed by atoms with Gasteiger partial charge in [-0.3, -0.25) is 19.7 Å². The molecule has 180 valence electrons. The first-order chi connectivity index (χ1) is 16.2. The molecule has 1 aliphatic rings. The van der Waals surface area contributed by atoms with Gasteiger partial charge in [-0.05, 0) is 18.2 Å². The SMILES string of the molecule is O=C(CNC1CCOc2ccc([N+](=O)[O-])cc21)NC[C@H](NC(=O)c1c(Cl)cccc1Cl)C(=O)O. The van der Waals surface area contributed by atoms with Crippen molar-refractivity contribution in [3.8, 4) is 5.75 Å². The fourth-order valence-electron chi connectivity index (χ4n) is 3.35. The molecule has 2 atom stereocenters. The van der Waals surface area contributed by atoms with E-state index in [2.05, 4.69) is 16.0 Å². The number of hydrogen-bond donors (Lipinski definition) is 4. The number of fused-ring (bicyclic) bond motifs is 1. The number of carboxylic acids is 1. The van der Waals surface area contributed by atoms with Crippen molar-refractivity contribution in [2.75, 3.05) is 19.7 Å². The number of aliphatic carboxylic acids is 1. The fourth-order valence-corrected chi connectivity index (χ4v) is 3.92. The van der Waals surface area contributed by atoms with E-state index < -0.39 is 28.7 Å². The molecule has 0 fully saturated rings. The lowest BCUT2D eigenvalue weighted by atomic mass is 10.00. The van der Waals surface area contributed by atoms with Crippen molar-refractivity contribution in [1.82, 2.24) is 16.0 Å². The molecule has 34 heavy (non-hydrogen) atoms. The maximum atomic E-state index is 12.4. The average molecular weight is 511 g/mol. The molecule has 4 N–H and O–H groups in total. The Morgan fingerprint density at radius 1 is 1.21 bits per heavy atom. The maximum Gasteiger partial charge on any atom is 0.328 e. The van der Waals surface area contributed by atoms with Crippen LogP contribution in [0.5, 0.6) is 5.75 Å². The van der Waals surface area contributed by atoms with Gasteiger partial charge in [-0.15, -0.1) is 0 Å². The summed E-state index contributed by atoms with van der Waals surface area (Å²) in [6.07, 6.45) is 0.480. The van der Waals surface area contributed by atoms with E-state index >= 15 is 0 Å². The smallest absolute Gasteiger partial charge is 0.328 e. The third-order valence-corrected chi connectivity index (χ3v) is 5.68. The Bertz CT molecular complexity index is 1110. The summed E-state index contributed by atoms with van der Waals surface area (Å²) in [4.78, 5) is 46.8. The van der Waals surface area contributed by atoms with Crippen LogP contribution in [0.1, 0.15) is 28.4 Å². The van der Waals surface area contributed by atoms with Gasteiger partial charge in [-0.1, -0.05) is 29.3 Å². The van der Waals surface area contributed by atoms with Gasteiger partial charge in [-0.2, -0.15) is 0 Å². The number of carbonyl (C=O) groups is 3. The van der Waals surface area contributed by atoms with E-state index in [9.17, 15) is 29.6 Å². The number of nitrogens with one attached hydrogen (secondary N) is 3. The van der Waals surface area contributed by atoms with E-state index in [1.54, 1.807) is 6.07 Å². The summed E-state index contributed by atoms with van der Waals surface area (Å²) in [6.45, 7) is -0.218. The number of amides is 2. The highest BCUT2D eigenvalue weighted by atomic mass is 35.5. The molecule has 0 spiro atoms. The minimum atomic E-state index is -1.43. The Kier molecular flexibility index (Phi) is 8.26. The number of rotatable bonds is 9. The fraction of sp³-hybridized carbons (Fsp3) is 0.286. The number of halogens is 2. The molecule has 2 aromatic carbocycles. The number of hydrogen-bond acceptors (Lipinski definition) is 7. The van der Waals surface area contributed by atoms with Crippen molar-refractivity contribution in [2.45, 2.75) is 18.5 Å². The van der Waals surface area contributed by atoms with Crippen molar-refractivity contribution in [3.05, 3.63) is 67.7 Å². The summed E-state index contributed by atoms with van der Waals surface area (Å²) in [6, 6.07) is 6.85. The van der Waals surface area contributed by atoms with Crippen LogP contribution in [0.15, 0.2) is 36.4 Å². The standard InChI is InChI=1S/C21H20Cl2N4O7/c22-13-2-1-3-14(23)19(13)20(29)26-16(21(30)31)9-25-18(28)10-24-15-6-7-34-17-5-4-11(27(32)33)8-12(15)17/h1-5,8,15-16,24H,6-7,9-10H2,(H,25,28)(H,26,29)(H,30,31)/t15?,16-/m0/s1. The van der Waals surface area contributed by atoms with E-state index in [-0.39, 0.29) is 40.4 Å². The highest BCUT2D eigenvalue weighted by molar-refractivity contribution is 6.39. The molecule has 0 aromatic heterocycles. The van der Waals surface area contributed by atoms with Crippen molar-refractivity contribution in [3.63, 3.8) is 0 Å². The predicted octanol–water partition coefficient (Wildman–Crippen LogP) is 2.31. The van der Waals surface area contributed by atoms with Gasteiger partial charge >= 0.3 is 5.97 Å². The highest BCUT2D eigenvalue weighted by Gasteiger charge is 2.26. The first kappa shape index (κ1) is 25.2. The zero-order chi connectivity index (χ0) is 24.8. The average Bonchev–Trinajstić information content (AvgIpc) is 2.79. The summed E-state index contributed by atoms with van der Waals surface area (Å²) in [5, 5.41) is 28.3. The lowest BCUT2D eigenvalue weighted by Gasteiger charge is -2.26. The predicted molar refractivity (Wildman–Crippen MR) is 122 cm³/mol. The van der Waals surface area contributed by atoms with Gasteiger partial charge in [0.25, 0.3) is 11.6 Å². The molecule has 1 unspecified atom stereocenters. The lowest BCUT2D eigenvalue weighted by Crippen LogP contribution is -2.49. The second-order valence-corrected chi connectivity index (χ2v) is 8.13. The zero-order valence-corrected chi connectivity index (χ0v) is 19.1. The number of nitro benzene ring substituents is 1. The summed E-state index contributed by atoms with van der Waals surface area (Å²) in [7, 11) is 0. The zero-order valence-electron chi connectivity index (χ0n) is 17.5. The van der Waals surface area contributed by atoms with Gasteiger partial charge in [0.1, 0.15) is 11.8 Å². The molecule has 13 heteroatoms. The number of non-ortho nitro benzene ring substituents is 1. The quantitative estimate of drug-likeness (QED) is 0.295. The van der Waals surface area contributed by atoms with Crippen LogP contribution >= 0.6 is 23.2 Å². The van der Waals surface area contributed by atoms with Gasteiger partial charge in [0.05, 0.1) is 33.7 Å². The van der Waals surface area contributed by atoms with Crippen LogP contribution in [-0.4, -0.2) is 53.6 Å². The molecule has 0 radical (unpaired) electrons. The number of benzene rings is 2. The topological polar surface area (TPSA) is 160 Å². The number of ether oxygens (including phenoxy) is 1. The molecule has 2 aromatic rings. The van der Waals surface area contributed by atoms with Crippen molar-refractivity contribution >= 4 is 46.7 Å². The van der Waals surface area contributed by atoms with Crippen molar-refractivity contribution in [2.24, 2.45) is 0 Å². The molecule has 1 heterocycles. The number of nitro groups is 1. The van der Waals surface area contributed by atoms with Gasteiger partial charge in [0.15, 0.2) is 0 Å². The highest BCUT2D eigenvalue weighted by Crippen LogP contribution is 2.34. The summed E-state index contributed by atoms with van der Waals surface area (Å²) >= 11 is 12.0. The largest absolute Gasteiger partial charge is 0.493 e. The molecular formula is C21H20Cl2N4O7. The monoisotopic (exact) mass is 510 g/mol. The first-order valence-corrected chi connectivity index (χ1v) is 10.8. The maximum absolute atomic E-state index is 12.4. The summed E-state index contributed by atoms with van der Waals surface area (Å²) in [5.41, 5.74) is 0.386. The summed E-state index contributed by atoms with van der Waals surface area (Å²) < 4.78 is 5.50. The number of nitrogens with zero attached hydrogens (tertiary/aromatic N) is 1. The second-order valence-electron chi connectivity index (χ2n) is 7.31. The molecule has 3 rings (SSSR count). The Morgan fingerprint density at radius 2 is 1.91 bits per heavy atom. The molecule has 0 bridgehead atoms. The molecule has 2 amide bonds. The van der Waals surface area contributed by atoms with E-state index in [0.717, 1.165) is 0 Å². The molecule has 1 aliphatic heterocycles. The van der Waals surface area contributed by atoms with Crippen LogP contribution in [0.2, 0.25) is 10.0 Å². The van der Waals surface area contributed by atoms with Gasteiger partial charge in [0.2, 0.25) is 5.91 Å². The Labute approximate surface area is 203 Å². The minimum Gasteiger partial charge on any atom is -0.493 e. The summed E-state index contributed by atoms with van der Waals surface area (Å²) in [5.74, 6) is -2.21. The third-order valence-electron chi connectivity index (χ3n) is 5.05. The van der Waals surface area contributed by atoms with Gasteiger partial charge in [0, 0.05) is 36.7 Å². The molecule has 0 saturated carbocycles. The van der Waals surface area contributed by atoms with Crippen LogP contribution in [-0.2, 0) is 9.59 Å². The minimum absolute atomic E-state index is 0.0550. The van der Waals surface area contributed by atoms with E-state index in [0.29, 0.717) is 24.3 Å². The Balaban J connectivity index is 1.57. The van der Waals surface area contributed by atoms with Crippen LogP contribution in [0.25, 0.3) is 0 Å². The Hall–Kier alpha value is -3.41. The Morgan fingerprint density at radius 3 is 2.56 bits per heavy atom. The van der Waals surface area contributed by atoms with Crippen LogP contribution in [0, 0.1) is 10.1 Å². The molecule has 0 aliphatic carbocycles. The van der Waals surface area contributed by atoms with Crippen molar-refractivity contribution in [1.29, 1.82) is 0 Å². The molecule has 0 saturated heterocycles. The van der Waals surface area contributed by atoms with Crippen molar-refractivity contribution < 1.29 is 29.2 Å². The normalized spacial score (nSPS) is 15.4.